The molecule has 0 saturated heterocycles. The van der Waals surface area contributed by atoms with Crippen LogP contribution in [0, 0.1) is 5.92 Å². The van der Waals surface area contributed by atoms with Gasteiger partial charge in [0.15, 0.2) is 0 Å². The fourth-order valence-corrected chi connectivity index (χ4v) is 2.64. The van der Waals surface area contributed by atoms with Gasteiger partial charge in [-0.2, -0.15) is 0 Å². The predicted octanol–water partition coefficient (Wildman–Crippen LogP) is 4.27. The number of nitrogens with two attached hydrogens (primary N) is 1. The number of hydrogen-bond acceptors (Lipinski definition) is 2. The van der Waals surface area contributed by atoms with Gasteiger partial charge >= 0.3 is 0 Å². The molecule has 1 aromatic carbocycles. The zero-order valence-corrected chi connectivity index (χ0v) is 11.0. The van der Waals surface area contributed by atoms with Crippen LogP contribution in [0.15, 0.2) is 18.2 Å². The summed E-state index contributed by atoms with van der Waals surface area (Å²) in [4.78, 5) is 0. The zero-order valence-electron chi connectivity index (χ0n) is 10.3. The van der Waals surface area contributed by atoms with Gasteiger partial charge in [0.1, 0.15) is 5.75 Å². The lowest BCUT2D eigenvalue weighted by Gasteiger charge is -2.28. The van der Waals surface area contributed by atoms with Crippen LogP contribution < -0.4 is 10.5 Å². The molecule has 2 nitrogen and oxygen atoms in total. The van der Waals surface area contributed by atoms with Crippen LogP contribution in [0.25, 0.3) is 0 Å². The van der Waals surface area contributed by atoms with E-state index in [1.165, 1.54) is 19.3 Å². The summed E-state index contributed by atoms with van der Waals surface area (Å²) in [6.07, 6.45) is 6.43. The SMILES string of the molecule is CCC1CCC(Oc2ccc(Cl)cc2N)CC1. The van der Waals surface area contributed by atoms with Crippen molar-refractivity contribution in [3.05, 3.63) is 23.2 Å². The van der Waals surface area contributed by atoms with E-state index in [1.54, 1.807) is 6.07 Å². The van der Waals surface area contributed by atoms with E-state index in [2.05, 4.69) is 6.92 Å². The van der Waals surface area contributed by atoms with Crippen LogP contribution in [-0.4, -0.2) is 6.10 Å². The van der Waals surface area contributed by atoms with Gasteiger partial charge in [-0.25, -0.2) is 0 Å². The van der Waals surface area contributed by atoms with E-state index in [0.717, 1.165) is 24.5 Å². The highest BCUT2D eigenvalue weighted by Gasteiger charge is 2.21. The normalized spacial score (nSPS) is 24.6. The van der Waals surface area contributed by atoms with Gasteiger partial charge in [0.2, 0.25) is 0 Å². The molecule has 2 rings (SSSR count). The Balaban J connectivity index is 1.93. The maximum Gasteiger partial charge on any atom is 0.142 e. The van der Waals surface area contributed by atoms with E-state index in [0.29, 0.717) is 16.8 Å². The Bertz CT molecular complexity index is 372. The van der Waals surface area contributed by atoms with Crippen molar-refractivity contribution >= 4 is 17.3 Å². The van der Waals surface area contributed by atoms with Gasteiger partial charge in [-0.05, 0) is 49.8 Å². The average Bonchev–Trinajstić information content (AvgIpc) is 2.34. The molecule has 1 aliphatic rings. The van der Waals surface area contributed by atoms with E-state index < -0.39 is 0 Å². The second-order valence-electron chi connectivity index (χ2n) is 4.85. The zero-order chi connectivity index (χ0) is 12.3. The Morgan fingerprint density at radius 2 is 2.00 bits per heavy atom. The first-order valence-corrected chi connectivity index (χ1v) is 6.78. The molecule has 0 amide bonds. The summed E-state index contributed by atoms with van der Waals surface area (Å²) in [6.45, 7) is 2.27. The minimum Gasteiger partial charge on any atom is -0.488 e. The first-order chi connectivity index (χ1) is 8.19. The van der Waals surface area contributed by atoms with Gasteiger partial charge in [-0.3, -0.25) is 0 Å². The quantitative estimate of drug-likeness (QED) is 0.817. The van der Waals surface area contributed by atoms with Crippen LogP contribution in [-0.2, 0) is 0 Å². The van der Waals surface area contributed by atoms with Crippen LogP contribution >= 0.6 is 11.6 Å². The fraction of sp³-hybridized carbons (Fsp3) is 0.571. The van der Waals surface area contributed by atoms with Crippen molar-refractivity contribution in [2.24, 2.45) is 5.92 Å². The van der Waals surface area contributed by atoms with E-state index >= 15 is 0 Å². The minimum atomic E-state index is 0.321. The van der Waals surface area contributed by atoms with Crippen LogP contribution in [0.1, 0.15) is 39.0 Å². The Morgan fingerprint density at radius 3 is 2.59 bits per heavy atom. The summed E-state index contributed by atoms with van der Waals surface area (Å²) in [6, 6.07) is 5.43. The Morgan fingerprint density at radius 1 is 1.29 bits per heavy atom. The third kappa shape index (κ3) is 3.29. The smallest absolute Gasteiger partial charge is 0.142 e. The topological polar surface area (TPSA) is 35.2 Å². The molecule has 2 N–H and O–H groups in total. The van der Waals surface area contributed by atoms with Gasteiger partial charge in [0.05, 0.1) is 11.8 Å². The van der Waals surface area contributed by atoms with Gasteiger partial charge < -0.3 is 10.5 Å². The van der Waals surface area contributed by atoms with Gasteiger partial charge in [-0.1, -0.05) is 24.9 Å². The summed E-state index contributed by atoms with van der Waals surface area (Å²) >= 11 is 5.86. The monoisotopic (exact) mass is 253 g/mol. The molecule has 0 spiro atoms. The molecule has 94 valence electrons. The number of halogens is 1. The first-order valence-electron chi connectivity index (χ1n) is 6.40. The van der Waals surface area contributed by atoms with Crippen molar-refractivity contribution in [1.29, 1.82) is 0 Å². The highest BCUT2D eigenvalue weighted by molar-refractivity contribution is 6.30. The lowest BCUT2D eigenvalue weighted by molar-refractivity contribution is 0.131. The standard InChI is InChI=1S/C14H20ClNO/c1-2-10-3-6-12(7-4-10)17-14-8-5-11(15)9-13(14)16/h5,8-10,12H,2-4,6-7,16H2,1H3. The number of ether oxygens (including phenoxy) is 1. The highest BCUT2D eigenvalue weighted by atomic mass is 35.5. The summed E-state index contributed by atoms with van der Waals surface area (Å²) in [5.74, 6) is 1.66. The number of rotatable bonds is 3. The van der Waals surface area contributed by atoms with Crippen molar-refractivity contribution in [2.75, 3.05) is 5.73 Å². The second-order valence-corrected chi connectivity index (χ2v) is 5.29. The third-order valence-corrected chi connectivity index (χ3v) is 3.87. The molecule has 0 bridgehead atoms. The lowest BCUT2D eigenvalue weighted by Crippen LogP contribution is -2.24. The molecule has 3 heteroatoms. The molecule has 0 radical (unpaired) electrons. The number of nitrogen functional groups attached to an aromatic ring is 1. The molecule has 0 atom stereocenters. The van der Waals surface area contributed by atoms with E-state index in [4.69, 9.17) is 22.1 Å². The van der Waals surface area contributed by atoms with E-state index in [-0.39, 0.29) is 0 Å². The first kappa shape index (κ1) is 12.6. The molecule has 0 heterocycles. The Kier molecular flexibility index (Phi) is 4.16. The molecular weight excluding hydrogens is 234 g/mol. The van der Waals surface area contributed by atoms with Gasteiger partial charge in [-0.15, -0.1) is 0 Å². The van der Waals surface area contributed by atoms with Crippen molar-refractivity contribution in [3.8, 4) is 5.75 Å². The second kappa shape index (κ2) is 5.63. The van der Waals surface area contributed by atoms with Crippen LogP contribution in [0.4, 0.5) is 5.69 Å². The molecule has 0 unspecified atom stereocenters. The number of hydrogen-bond donors (Lipinski definition) is 1. The lowest BCUT2D eigenvalue weighted by atomic mass is 9.86. The summed E-state index contributed by atoms with van der Waals surface area (Å²) in [5.41, 5.74) is 6.52. The average molecular weight is 254 g/mol. The summed E-state index contributed by atoms with van der Waals surface area (Å²) in [5, 5.41) is 0.657. The third-order valence-electron chi connectivity index (χ3n) is 3.64. The largest absolute Gasteiger partial charge is 0.488 e. The molecule has 1 aromatic rings. The van der Waals surface area contributed by atoms with Crippen molar-refractivity contribution in [3.63, 3.8) is 0 Å². The highest BCUT2D eigenvalue weighted by Crippen LogP contribution is 2.32. The molecule has 17 heavy (non-hydrogen) atoms. The maximum atomic E-state index is 5.95. The van der Waals surface area contributed by atoms with Gasteiger partial charge in [0, 0.05) is 5.02 Å². The summed E-state index contributed by atoms with van der Waals surface area (Å²) < 4.78 is 5.95. The predicted molar refractivity (Wildman–Crippen MR) is 72.5 cm³/mol. The fourth-order valence-electron chi connectivity index (χ4n) is 2.46. The molecular formula is C14H20ClNO. The van der Waals surface area contributed by atoms with E-state index in [9.17, 15) is 0 Å². The van der Waals surface area contributed by atoms with Crippen molar-refractivity contribution in [1.82, 2.24) is 0 Å². The molecule has 1 aliphatic carbocycles. The molecule has 0 aromatic heterocycles. The Labute approximate surface area is 108 Å². The van der Waals surface area contributed by atoms with Crippen LogP contribution in [0.5, 0.6) is 5.75 Å². The summed E-state index contributed by atoms with van der Waals surface area (Å²) in [7, 11) is 0. The van der Waals surface area contributed by atoms with Crippen LogP contribution in [0.3, 0.4) is 0 Å². The van der Waals surface area contributed by atoms with Crippen molar-refractivity contribution in [2.45, 2.75) is 45.1 Å². The molecule has 1 fully saturated rings. The van der Waals surface area contributed by atoms with Gasteiger partial charge in [0.25, 0.3) is 0 Å². The minimum absolute atomic E-state index is 0.321. The number of benzene rings is 1. The van der Waals surface area contributed by atoms with Crippen molar-refractivity contribution < 1.29 is 4.74 Å². The molecule has 1 saturated carbocycles. The van der Waals surface area contributed by atoms with Crippen LogP contribution in [0.2, 0.25) is 5.02 Å². The maximum absolute atomic E-state index is 5.95. The van der Waals surface area contributed by atoms with E-state index in [1.807, 2.05) is 12.1 Å². The number of anilines is 1. The molecule has 0 aliphatic heterocycles. The Hall–Kier alpha value is -0.890.